The lowest BCUT2D eigenvalue weighted by Crippen LogP contribution is -2.36. The van der Waals surface area contributed by atoms with Crippen molar-refractivity contribution >= 4 is 28.9 Å². The molecule has 0 spiro atoms. The fraction of sp³-hybridized carbons (Fsp3) is 0.370. The Bertz CT molecular complexity index is 1170. The number of nitrogens with zero attached hydrogens (tertiary/aromatic N) is 3. The first-order chi connectivity index (χ1) is 17.7. The van der Waals surface area contributed by atoms with Crippen molar-refractivity contribution in [2.75, 3.05) is 55.0 Å². The smallest absolute Gasteiger partial charge is 0.241 e. The minimum absolute atomic E-state index is 0.0137. The van der Waals surface area contributed by atoms with Crippen LogP contribution in [-0.4, -0.2) is 61.4 Å². The molecule has 1 amide bonds. The van der Waals surface area contributed by atoms with Crippen LogP contribution in [0.2, 0.25) is 0 Å². The molecule has 0 bridgehead atoms. The van der Waals surface area contributed by atoms with Crippen LogP contribution in [-0.2, 0) is 9.53 Å². The molecule has 3 N–H and O–H groups in total. The highest BCUT2D eigenvalue weighted by Crippen LogP contribution is 2.33. The highest BCUT2D eigenvalue weighted by molar-refractivity contribution is 5.95. The molecule has 2 aliphatic rings. The second-order valence-electron chi connectivity index (χ2n) is 8.82. The molecule has 0 aliphatic carbocycles. The van der Waals surface area contributed by atoms with Gasteiger partial charge in [-0.3, -0.25) is 4.79 Å². The van der Waals surface area contributed by atoms with E-state index in [9.17, 15) is 4.79 Å². The van der Waals surface area contributed by atoms with Crippen molar-refractivity contribution in [1.82, 2.24) is 15.3 Å². The van der Waals surface area contributed by atoms with Gasteiger partial charge in [-0.15, -0.1) is 0 Å². The van der Waals surface area contributed by atoms with Gasteiger partial charge in [0.2, 0.25) is 11.9 Å². The Kier molecular flexibility index (Phi) is 7.58. The lowest BCUT2D eigenvalue weighted by molar-refractivity contribution is -0.117. The minimum Gasteiger partial charge on any atom is -0.492 e. The van der Waals surface area contributed by atoms with Crippen molar-refractivity contribution in [3.63, 3.8) is 0 Å². The van der Waals surface area contributed by atoms with Crippen molar-refractivity contribution in [2.45, 2.75) is 25.8 Å². The summed E-state index contributed by atoms with van der Waals surface area (Å²) in [6, 6.07) is 15.5. The molecule has 0 radical (unpaired) electrons. The quantitative estimate of drug-likeness (QED) is 0.440. The molecule has 3 heterocycles. The summed E-state index contributed by atoms with van der Waals surface area (Å²) in [7, 11) is 0. The summed E-state index contributed by atoms with van der Waals surface area (Å²) in [6.45, 7) is 6.59. The predicted octanol–water partition coefficient (Wildman–Crippen LogP) is 3.81. The number of rotatable bonds is 8. The Morgan fingerprint density at radius 1 is 1.14 bits per heavy atom. The second-order valence-corrected chi connectivity index (χ2v) is 8.82. The van der Waals surface area contributed by atoms with Crippen LogP contribution in [0.3, 0.4) is 0 Å². The summed E-state index contributed by atoms with van der Waals surface area (Å²) >= 11 is 0. The third kappa shape index (κ3) is 5.75. The number of carbonyl (C=O) groups excluding carboxylic acids is 1. The number of anilines is 4. The van der Waals surface area contributed by atoms with Gasteiger partial charge in [0.25, 0.3) is 0 Å². The van der Waals surface area contributed by atoms with Gasteiger partial charge < -0.3 is 30.3 Å². The molecule has 0 unspecified atom stereocenters. The third-order valence-corrected chi connectivity index (χ3v) is 6.35. The van der Waals surface area contributed by atoms with Gasteiger partial charge in [-0.1, -0.05) is 12.1 Å². The maximum Gasteiger partial charge on any atom is 0.241 e. The van der Waals surface area contributed by atoms with Crippen LogP contribution in [0.25, 0.3) is 11.3 Å². The molecule has 9 nitrogen and oxygen atoms in total. The van der Waals surface area contributed by atoms with Gasteiger partial charge in [-0.25, -0.2) is 9.97 Å². The van der Waals surface area contributed by atoms with Gasteiger partial charge in [0, 0.05) is 42.3 Å². The normalized spacial score (nSPS) is 17.6. The molecule has 1 atom stereocenters. The second kappa shape index (κ2) is 11.4. The Hall–Kier alpha value is -3.69. The molecule has 0 saturated carbocycles. The van der Waals surface area contributed by atoms with E-state index in [1.165, 1.54) is 0 Å². The maximum absolute atomic E-state index is 12.3. The summed E-state index contributed by atoms with van der Waals surface area (Å²) in [5.41, 5.74) is 4.42. The average molecular weight is 489 g/mol. The van der Waals surface area contributed by atoms with Crippen LogP contribution < -0.4 is 25.6 Å². The van der Waals surface area contributed by atoms with Crippen LogP contribution in [0.4, 0.5) is 23.0 Å². The Morgan fingerprint density at radius 2 is 1.94 bits per heavy atom. The van der Waals surface area contributed by atoms with Crippen LogP contribution in [0.5, 0.6) is 5.75 Å². The number of carbonyl (C=O) groups is 1. The van der Waals surface area contributed by atoms with E-state index in [1.807, 2.05) is 49.4 Å². The number of amides is 1. The largest absolute Gasteiger partial charge is 0.492 e. The van der Waals surface area contributed by atoms with Crippen molar-refractivity contribution in [3.05, 3.63) is 54.7 Å². The van der Waals surface area contributed by atoms with Crippen molar-refractivity contribution < 1.29 is 14.3 Å². The molecule has 9 heteroatoms. The highest BCUT2D eigenvalue weighted by atomic mass is 16.5. The summed E-state index contributed by atoms with van der Waals surface area (Å²) in [4.78, 5) is 23.7. The molecule has 2 fully saturated rings. The first-order valence-electron chi connectivity index (χ1n) is 12.5. The predicted molar refractivity (Wildman–Crippen MR) is 141 cm³/mol. The molecule has 5 rings (SSSR count). The van der Waals surface area contributed by atoms with E-state index in [1.54, 1.807) is 6.20 Å². The van der Waals surface area contributed by atoms with Gasteiger partial charge in [0.05, 0.1) is 37.2 Å². The summed E-state index contributed by atoms with van der Waals surface area (Å²) < 4.78 is 11.4. The van der Waals surface area contributed by atoms with Crippen molar-refractivity contribution in [3.8, 4) is 17.0 Å². The Labute approximate surface area is 211 Å². The lowest BCUT2D eigenvalue weighted by atomic mass is 10.1. The zero-order valence-electron chi connectivity index (χ0n) is 20.5. The fourth-order valence-electron chi connectivity index (χ4n) is 4.50. The Balaban J connectivity index is 1.28. The van der Waals surface area contributed by atoms with Crippen LogP contribution in [0.1, 0.15) is 19.8 Å². The molecule has 3 aromatic rings. The average Bonchev–Trinajstić information content (AvgIpc) is 3.46. The van der Waals surface area contributed by atoms with Gasteiger partial charge in [-0.2, -0.15) is 0 Å². The Morgan fingerprint density at radius 3 is 2.69 bits per heavy atom. The van der Waals surface area contributed by atoms with E-state index in [2.05, 4.69) is 31.9 Å². The number of aromatic nitrogens is 2. The molecule has 2 saturated heterocycles. The summed E-state index contributed by atoms with van der Waals surface area (Å²) in [5.74, 6) is 1.34. The molecule has 188 valence electrons. The fourth-order valence-corrected chi connectivity index (χ4v) is 4.50. The van der Waals surface area contributed by atoms with E-state index in [0.717, 1.165) is 79.8 Å². The van der Waals surface area contributed by atoms with Gasteiger partial charge >= 0.3 is 0 Å². The van der Waals surface area contributed by atoms with Crippen LogP contribution in [0, 0.1) is 0 Å². The minimum atomic E-state index is -0.105. The van der Waals surface area contributed by atoms with Crippen molar-refractivity contribution in [2.24, 2.45) is 0 Å². The van der Waals surface area contributed by atoms with E-state index >= 15 is 0 Å². The van der Waals surface area contributed by atoms with E-state index < -0.39 is 0 Å². The SMILES string of the molecule is CCOc1cc(Nc2nccc(-c3ccc(NC(=O)[C@H]4CCCN4)cc3)n2)ccc1N1CCOCC1. The number of benzene rings is 2. The van der Waals surface area contributed by atoms with Crippen molar-refractivity contribution in [1.29, 1.82) is 0 Å². The van der Waals surface area contributed by atoms with Gasteiger partial charge in [0.15, 0.2) is 0 Å². The number of ether oxygens (including phenoxy) is 2. The molecule has 36 heavy (non-hydrogen) atoms. The monoisotopic (exact) mass is 488 g/mol. The molecule has 1 aromatic heterocycles. The molecular formula is C27H32N6O3. The topological polar surface area (TPSA) is 101 Å². The maximum atomic E-state index is 12.3. The first-order valence-corrected chi connectivity index (χ1v) is 12.5. The number of nitrogens with one attached hydrogen (secondary N) is 3. The summed E-state index contributed by atoms with van der Waals surface area (Å²) in [5, 5.41) is 9.50. The molecular weight excluding hydrogens is 456 g/mol. The number of hydrogen-bond donors (Lipinski definition) is 3. The van der Waals surface area contributed by atoms with E-state index in [0.29, 0.717) is 12.6 Å². The van der Waals surface area contributed by atoms with E-state index in [4.69, 9.17) is 14.5 Å². The molecule has 2 aromatic carbocycles. The van der Waals surface area contributed by atoms with Gasteiger partial charge in [0.1, 0.15) is 5.75 Å². The van der Waals surface area contributed by atoms with Crippen LogP contribution >= 0.6 is 0 Å². The van der Waals surface area contributed by atoms with Crippen LogP contribution in [0.15, 0.2) is 54.7 Å². The zero-order valence-corrected chi connectivity index (χ0v) is 20.5. The summed E-state index contributed by atoms with van der Waals surface area (Å²) in [6.07, 6.45) is 3.65. The highest BCUT2D eigenvalue weighted by Gasteiger charge is 2.22. The van der Waals surface area contributed by atoms with E-state index in [-0.39, 0.29) is 11.9 Å². The lowest BCUT2D eigenvalue weighted by Gasteiger charge is -2.30. The first kappa shape index (κ1) is 24.0. The number of hydrogen-bond acceptors (Lipinski definition) is 8. The van der Waals surface area contributed by atoms with Gasteiger partial charge in [-0.05, 0) is 56.6 Å². The number of morpholine rings is 1. The molecule has 2 aliphatic heterocycles. The standard InChI is InChI=1S/C27H32N6O3/c1-2-36-25-18-21(9-10-24(25)33-14-16-35-17-15-33)31-27-29-13-11-22(32-27)19-5-7-20(8-6-19)30-26(34)23-4-3-12-28-23/h5-11,13,18,23,28H,2-4,12,14-17H2,1H3,(H,30,34)(H,29,31,32)/t23-/m1/s1. The zero-order chi connectivity index (χ0) is 24.7. The third-order valence-electron chi connectivity index (χ3n) is 6.35.